The normalized spacial score (nSPS) is 12.1. The number of nitrogens with zero attached hydrogens (tertiary/aromatic N) is 2. The molecule has 2 heterocycles. The van der Waals surface area contributed by atoms with Gasteiger partial charge in [-0.05, 0) is 29.9 Å². The van der Waals surface area contributed by atoms with Crippen LogP contribution in [0, 0.1) is 5.92 Å². The Hall–Kier alpha value is -2.15. The maximum absolute atomic E-state index is 12.3. The monoisotopic (exact) mass is 334 g/mol. The van der Waals surface area contributed by atoms with Gasteiger partial charge in [0.05, 0.1) is 4.88 Å². The van der Waals surface area contributed by atoms with Gasteiger partial charge in [0.15, 0.2) is 0 Å². The van der Waals surface area contributed by atoms with Gasteiger partial charge in [-0.3, -0.25) is 14.3 Å². The summed E-state index contributed by atoms with van der Waals surface area (Å²) < 4.78 is 1.82. The molecule has 0 aliphatic carbocycles. The number of amides is 2. The quantitative estimate of drug-likeness (QED) is 0.724. The van der Waals surface area contributed by atoms with E-state index in [2.05, 4.69) is 15.7 Å². The number of nitrogens with one attached hydrogen (secondary N) is 2. The van der Waals surface area contributed by atoms with Gasteiger partial charge >= 0.3 is 0 Å². The summed E-state index contributed by atoms with van der Waals surface area (Å²) in [5, 5.41) is 11.7. The average molecular weight is 334 g/mol. The molecule has 0 aliphatic heterocycles. The number of hydrogen-bond acceptors (Lipinski definition) is 4. The Morgan fingerprint density at radius 2 is 2.17 bits per heavy atom. The van der Waals surface area contributed by atoms with Crippen LogP contribution < -0.4 is 10.6 Å². The van der Waals surface area contributed by atoms with E-state index < -0.39 is 6.04 Å². The maximum atomic E-state index is 12.3. The van der Waals surface area contributed by atoms with Crippen LogP contribution in [0.1, 0.15) is 29.9 Å². The maximum Gasteiger partial charge on any atom is 0.262 e. The van der Waals surface area contributed by atoms with Crippen LogP contribution in [0.15, 0.2) is 36.0 Å². The minimum Gasteiger partial charge on any atom is -0.354 e. The standard InChI is InChI=1S/C16H22N4O2S/c1-12(2)14(19-15(21)13-6-3-11-23-13)16(22)17-7-4-9-20-10-5-8-18-20/h3,5-6,8,10-12,14H,4,7,9H2,1-2H3,(H,17,22)(H,19,21). The topological polar surface area (TPSA) is 76.0 Å². The molecule has 1 unspecified atom stereocenters. The minimum absolute atomic E-state index is 0.0185. The first-order valence-electron chi connectivity index (χ1n) is 7.67. The van der Waals surface area contributed by atoms with Crippen molar-refractivity contribution in [2.45, 2.75) is 32.9 Å². The minimum atomic E-state index is -0.533. The lowest BCUT2D eigenvalue weighted by atomic mass is 10.0. The van der Waals surface area contributed by atoms with E-state index in [0.29, 0.717) is 11.4 Å². The van der Waals surface area contributed by atoms with E-state index in [1.54, 1.807) is 12.3 Å². The van der Waals surface area contributed by atoms with Crippen LogP contribution in [-0.2, 0) is 11.3 Å². The highest BCUT2D eigenvalue weighted by Crippen LogP contribution is 2.10. The highest BCUT2D eigenvalue weighted by molar-refractivity contribution is 7.12. The summed E-state index contributed by atoms with van der Waals surface area (Å²) in [6.45, 7) is 5.14. The van der Waals surface area contributed by atoms with Crippen molar-refractivity contribution in [1.29, 1.82) is 0 Å². The van der Waals surface area contributed by atoms with Crippen LogP contribution in [0.4, 0.5) is 0 Å². The summed E-state index contributed by atoms with van der Waals surface area (Å²) in [6.07, 6.45) is 4.41. The molecule has 0 spiro atoms. The fourth-order valence-electron chi connectivity index (χ4n) is 2.15. The molecule has 7 heteroatoms. The number of aromatic nitrogens is 2. The van der Waals surface area contributed by atoms with Crippen LogP contribution in [-0.4, -0.2) is 34.2 Å². The third-order valence-electron chi connectivity index (χ3n) is 3.40. The SMILES string of the molecule is CC(C)C(NC(=O)c1cccs1)C(=O)NCCCn1cccn1. The van der Waals surface area contributed by atoms with Crippen LogP contribution >= 0.6 is 11.3 Å². The number of rotatable bonds is 8. The highest BCUT2D eigenvalue weighted by atomic mass is 32.1. The van der Waals surface area contributed by atoms with Crippen molar-refractivity contribution in [3.63, 3.8) is 0 Å². The molecule has 1 atom stereocenters. The molecule has 2 amide bonds. The summed E-state index contributed by atoms with van der Waals surface area (Å²) in [4.78, 5) is 25.0. The molecule has 124 valence electrons. The predicted octanol–water partition coefficient (Wildman–Crippen LogP) is 1.91. The Bertz CT molecular complexity index is 608. The van der Waals surface area contributed by atoms with E-state index in [1.165, 1.54) is 11.3 Å². The van der Waals surface area contributed by atoms with E-state index >= 15 is 0 Å². The molecule has 0 bridgehead atoms. The molecule has 2 aromatic rings. The van der Waals surface area contributed by atoms with Gasteiger partial charge in [-0.15, -0.1) is 11.3 Å². The van der Waals surface area contributed by atoms with Gasteiger partial charge in [0.25, 0.3) is 5.91 Å². The molecular formula is C16H22N4O2S. The molecule has 0 saturated heterocycles. The van der Waals surface area contributed by atoms with Crippen LogP contribution in [0.2, 0.25) is 0 Å². The van der Waals surface area contributed by atoms with Crippen molar-refractivity contribution < 1.29 is 9.59 Å². The third-order valence-corrected chi connectivity index (χ3v) is 4.27. The predicted molar refractivity (Wildman–Crippen MR) is 90.3 cm³/mol. The zero-order chi connectivity index (χ0) is 16.7. The largest absolute Gasteiger partial charge is 0.354 e. The van der Waals surface area contributed by atoms with Gasteiger partial charge < -0.3 is 10.6 Å². The number of thiophene rings is 1. The fourth-order valence-corrected chi connectivity index (χ4v) is 2.78. The van der Waals surface area contributed by atoms with E-state index in [9.17, 15) is 9.59 Å². The Balaban J connectivity index is 1.79. The van der Waals surface area contributed by atoms with Gasteiger partial charge in [0.1, 0.15) is 6.04 Å². The van der Waals surface area contributed by atoms with Crippen molar-refractivity contribution in [2.75, 3.05) is 6.54 Å². The zero-order valence-electron chi connectivity index (χ0n) is 13.4. The molecule has 0 fully saturated rings. The Labute approximate surface area is 139 Å². The summed E-state index contributed by atoms with van der Waals surface area (Å²) in [7, 11) is 0. The lowest BCUT2D eigenvalue weighted by molar-refractivity contribution is -0.123. The van der Waals surface area contributed by atoms with Crippen LogP contribution in [0.5, 0.6) is 0 Å². The first kappa shape index (κ1) is 17.2. The Morgan fingerprint density at radius 3 is 2.78 bits per heavy atom. The molecule has 6 nitrogen and oxygen atoms in total. The lowest BCUT2D eigenvalue weighted by Gasteiger charge is -2.21. The average Bonchev–Trinajstić information content (AvgIpc) is 3.21. The Kier molecular flexibility index (Phi) is 6.34. The molecule has 0 aromatic carbocycles. The number of carbonyl (C=O) groups is 2. The number of carbonyl (C=O) groups excluding carboxylic acids is 2. The van der Waals surface area contributed by atoms with Gasteiger partial charge in [0.2, 0.25) is 5.91 Å². The van der Waals surface area contributed by atoms with Crippen molar-refractivity contribution in [3.05, 3.63) is 40.8 Å². The zero-order valence-corrected chi connectivity index (χ0v) is 14.2. The molecule has 0 saturated carbocycles. The van der Waals surface area contributed by atoms with Crippen molar-refractivity contribution >= 4 is 23.2 Å². The second-order valence-electron chi connectivity index (χ2n) is 5.59. The molecule has 23 heavy (non-hydrogen) atoms. The van der Waals surface area contributed by atoms with Gasteiger partial charge in [-0.25, -0.2) is 0 Å². The first-order chi connectivity index (χ1) is 11.1. The number of hydrogen-bond donors (Lipinski definition) is 2. The van der Waals surface area contributed by atoms with Crippen molar-refractivity contribution in [3.8, 4) is 0 Å². The van der Waals surface area contributed by atoms with Crippen molar-refractivity contribution in [2.24, 2.45) is 5.92 Å². The van der Waals surface area contributed by atoms with Gasteiger partial charge in [-0.2, -0.15) is 5.10 Å². The van der Waals surface area contributed by atoms with E-state index in [-0.39, 0.29) is 17.7 Å². The second-order valence-corrected chi connectivity index (χ2v) is 6.53. The summed E-state index contributed by atoms with van der Waals surface area (Å²) in [5.41, 5.74) is 0. The molecular weight excluding hydrogens is 312 g/mol. The summed E-state index contributed by atoms with van der Waals surface area (Å²) in [5.74, 6) is -0.333. The Morgan fingerprint density at radius 1 is 1.35 bits per heavy atom. The van der Waals surface area contributed by atoms with Gasteiger partial charge in [-0.1, -0.05) is 19.9 Å². The lowest BCUT2D eigenvalue weighted by Crippen LogP contribution is -2.49. The molecule has 2 rings (SSSR count). The van der Waals surface area contributed by atoms with Gasteiger partial charge in [0, 0.05) is 25.5 Å². The molecule has 0 aliphatic rings. The van der Waals surface area contributed by atoms with Crippen LogP contribution in [0.25, 0.3) is 0 Å². The molecule has 0 radical (unpaired) electrons. The highest BCUT2D eigenvalue weighted by Gasteiger charge is 2.24. The molecule has 2 aromatic heterocycles. The second kappa shape index (κ2) is 8.47. The third kappa shape index (κ3) is 5.21. The van der Waals surface area contributed by atoms with E-state index in [0.717, 1.165) is 13.0 Å². The first-order valence-corrected chi connectivity index (χ1v) is 8.55. The van der Waals surface area contributed by atoms with E-state index in [1.807, 2.05) is 42.2 Å². The molecule has 2 N–H and O–H groups in total. The van der Waals surface area contributed by atoms with E-state index in [4.69, 9.17) is 0 Å². The number of aryl methyl sites for hydroxylation is 1. The fraction of sp³-hybridized carbons (Fsp3) is 0.438. The summed E-state index contributed by atoms with van der Waals surface area (Å²) in [6, 6.07) is 4.90. The van der Waals surface area contributed by atoms with Crippen LogP contribution in [0.3, 0.4) is 0 Å². The summed E-state index contributed by atoms with van der Waals surface area (Å²) >= 11 is 1.36. The smallest absolute Gasteiger partial charge is 0.262 e. The van der Waals surface area contributed by atoms with Crippen molar-refractivity contribution in [1.82, 2.24) is 20.4 Å².